The van der Waals surface area contributed by atoms with Crippen LogP contribution in [0.3, 0.4) is 0 Å². The lowest BCUT2D eigenvalue weighted by molar-refractivity contribution is -0.138. The largest absolute Gasteiger partial charge is 0.493 e. The minimum absolute atomic E-state index is 0.0237. The molecule has 3 aromatic carbocycles. The number of ether oxygens (including phenoxy) is 1. The first-order valence-corrected chi connectivity index (χ1v) is 13.7. The SMILES string of the molecule is CCCOc1cc(CCC(=O)O)ccc1-c1nn(Cc2ccccc2)c(-c2ccc(Br)cc2)c1CCC(=O)O. The fraction of sp³-hybridized carbons (Fsp3) is 0.258. The fourth-order valence-corrected chi connectivity index (χ4v) is 4.75. The molecule has 1 heterocycles. The average Bonchev–Trinajstić information content (AvgIpc) is 3.28. The van der Waals surface area contributed by atoms with E-state index < -0.39 is 11.9 Å². The van der Waals surface area contributed by atoms with Gasteiger partial charge in [0.1, 0.15) is 5.75 Å². The second-order valence-electron chi connectivity index (χ2n) is 9.29. The molecule has 4 aromatic rings. The van der Waals surface area contributed by atoms with Crippen LogP contribution in [-0.2, 0) is 29.0 Å². The third kappa shape index (κ3) is 7.35. The number of carbonyl (C=O) groups is 2. The molecular weight excluding hydrogens is 560 g/mol. The molecule has 0 unspecified atom stereocenters. The van der Waals surface area contributed by atoms with Crippen LogP contribution in [0.15, 0.2) is 77.3 Å². The van der Waals surface area contributed by atoms with Crippen LogP contribution in [0.5, 0.6) is 5.75 Å². The molecule has 2 N–H and O–H groups in total. The van der Waals surface area contributed by atoms with Gasteiger partial charge in [0.05, 0.1) is 24.5 Å². The smallest absolute Gasteiger partial charge is 0.303 e. The van der Waals surface area contributed by atoms with E-state index in [1.807, 2.05) is 84.4 Å². The zero-order valence-corrected chi connectivity index (χ0v) is 23.4. The summed E-state index contributed by atoms with van der Waals surface area (Å²) in [6.45, 7) is 3.02. The lowest BCUT2D eigenvalue weighted by Gasteiger charge is -2.13. The summed E-state index contributed by atoms with van der Waals surface area (Å²) < 4.78 is 9.02. The van der Waals surface area contributed by atoms with Gasteiger partial charge in [-0.15, -0.1) is 0 Å². The van der Waals surface area contributed by atoms with E-state index in [-0.39, 0.29) is 12.8 Å². The molecule has 0 spiro atoms. The molecule has 0 fully saturated rings. The Balaban J connectivity index is 1.91. The number of rotatable bonds is 13. The molecule has 0 bridgehead atoms. The highest BCUT2D eigenvalue weighted by Crippen LogP contribution is 2.39. The molecule has 0 atom stereocenters. The number of carboxylic acids is 2. The van der Waals surface area contributed by atoms with Gasteiger partial charge in [-0.05, 0) is 54.7 Å². The van der Waals surface area contributed by atoms with Crippen molar-refractivity contribution in [2.45, 2.75) is 45.6 Å². The standard InChI is InChI=1S/C31H31BrN2O5/c1-2-18-39-27-19-21(9-16-28(35)36)8-14-25(27)30-26(15-17-29(37)38)31(23-10-12-24(32)13-11-23)34(33-30)20-22-6-4-3-5-7-22/h3-8,10-14,19H,2,9,15-18,20H2,1H3,(H,35,36)(H,37,38). The van der Waals surface area contributed by atoms with Crippen molar-refractivity contribution in [3.8, 4) is 28.3 Å². The minimum atomic E-state index is -0.884. The van der Waals surface area contributed by atoms with Gasteiger partial charge < -0.3 is 14.9 Å². The molecule has 0 aliphatic heterocycles. The molecular formula is C31H31BrN2O5. The van der Waals surface area contributed by atoms with E-state index >= 15 is 0 Å². The van der Waals surface area contributed by atoms with E-state index in [4.69, 9.17) is 14.9 Å². The van der Waals surface area contributed by atoms with Crippen molar-refractivity contribution < 1.29 is 24.5 Å². The lowest BCUT2D eigenvalue weighted by atomic mass is 9.96. The summed E-state index contributed by atoms with van der Waals surface area (Å²) in [7, 11) is 0. The Morgan fingerprint density at radius 2 is 1.59 bits per heavy atom. The molecule has 0 saturated heterocycles. The van der Waals surface area contributed by atoms with Crippen LogP contribution in [0.1, 0.15) is 42.9 Å². The normalized spacial score (nSPS) is 10.9. The van der Waals surface area contributed by atoms with Gasteiger partial charge in [-0.1, -0.05) is 71.4 Å². The van der Waals surface area contributed by atoms with Crippen LogP contribution in [0.25, 0.3) is 22.5 Å². The van der Waals surface area contributed by atoms with Gasteiger partial charge >= 0.3 is 11.9 Å². The number of nitrogens with zero attached hydrogens (tertiary/aromatic N) is 2. The van der Waals surface area contributed by atoms with E-state index in [1.54, 1.807) is 0 Å². The van der Waals surface area contributed by atoms with Crippen LogP contribution in [-0.4, -0.2) is 38.5 Å². The van der Waals surface area contributed by atoms with Crippen molar-refractivity contribution in [3.05, 3.63) is 94.0 Å². The van der Waals surface area contributed by atoms with E-state index in [9.17, 15) is 14.7 Å². The second kappa shape index (κ2) is 13.2. The summed E-state index contributed by atoms with van der Waals surface area (Å²) in [5.41, 5.74) is 5.98. The highest BCUT2D eigenvalue weighted by Gasteiger charge is 2.24. The molecule has 0 aliphatic carbocycles. The molecule has 4 rings (SSSR count). The lowest BCUT2D eigenvalue weighted by Crippen LogP contribution is -2.05. The Kier molecular flexibility index (Phi) is 9.54. The zero-order valence-electron chi connectivity index (χ0n) is 21.8. The van der Waals surface area contributed by atoms with E-state index in [0.717, 1.165) is 44.4 Å². The Morgan fingerprint density at radius 1 is 0.897 bits per heavy atom. The topological polar surface area (TPSA) is 102 Å². The highest BCUT2D eigenvalue weighted by atomic mass is 79.9. The molecule has 8 heteroatoms. The maximum absolute atomic E-state index is 11.7. The third-order valence-corrected chi connectivity index (χ3v) is 6.85. The Morgan fingerprint density at radius 3 is 2.26 bits per heavy atom. The molecule has 1 aromatic heterocycles. The Labute approximate surface area is 236 Å². The summed E-state index contributed by atoms with van der Waals surface area (Å²) in [6, 6.07) is 23.6. The summed E-state index contributed by atoms with van der Waals surface area (Å²) in [6.07, 6.45) is 1.46. The molecule has 0 amide bonds. The number of aliphatic carboxylic acids is 2. The van der Waals surface area contributed by atoms with Crippen molar-refractivity contribution in [1.29, 1.82) is 0 Å². The quantitative estimate of drug-likeness (QED) is 0.176. The number of benzene rings is 3. The fourth-order valence-electron chi connectivity index (χ4n) is 4.49. The third-order valence-electron chi connectivity index (χ3n) is 6.32. The van der Waals surface area contributed by atoms with Crippen LogP contribution >= 0.6 is 15.9 Å². The van der Waals surface area contributed by atoms with Gasteiger partial charge in [0.2, 0.25) is 0 Å². The van der Waals surface area contributed by atoms with Crippen molar-refractivity contribution in [1.82, 2.24) is 9.78 Å². The predicted octanol–water partition coefficient (Wildman–Crippen LogP) is 6.85. The number of aryl methyl sites for hydroxylation is 1. The van der Waals surface area contributed by atoms with Crippen LogP contribution in [0.4, 0.5) is 0 Å². The first kappa shape index (κ1) is 28.1. The molecule has 0 radical (unpaired) electrons. The zero-order chi connectivity index (χ0) is 27.8. The van der Waals surface area contributed by atoms with Gasteiger partial charge in [-0.3, -0.25) is 14.3 Å². The summed E-state index contributed by atoms with van der Waals surface area (Å²) in [5.74, 6) is -1.13. The van der Waals surface area contributed by atoms with Crippen molar-refractivity contribution in [2.24, 2.45) is 0 Å². The molecule has 0 aliphatic rings. The summed E-state index contributed by atoms with van der Waals surface area (Å²) in [4.78, 5) is 22.8. The number of aromatic nitrogens is 2. The first-order valence-electron chi connectivity index (χ1n) is 12.9. The monoisotopic (exact) mass is 590 g/mol. The van der Waals surface area contributed by atoms with Crippen LogP contribution in [0.2, 0.25) is 0 Å². The molecule has 39 heavy (non-hydrogen) atoms. The molecule has 0 saturated carbocycles. The minimum Gasteiger partial charge on any atom is -0.493 e. The Hall–Kier alpha value is -3.91. The highest BCUT2D eigenvalue weighted by molar-refractivity contribution is 9.10. The number of carboxylic acid groups (broad SMARTS) is 2. The molecule has 202 valence electrons. The first-order chi connectivity index (χ1) is 18.9. The number of hydrogen-bond donors (Lipinski definition) is 2. The summed E-state index contributed by atoms with van der Waals surface area (Å²) >= 11 is 3.51. The van der Waals surface area contributed by atoms with Gasteiger partial charge in [0.15, 0.2) is 0 Å². The summed E-state index contributed by atoms with van der Waals surface area (Å²) in [5, 5.41) is 23.8. The van der Waals surface area contributed by atoms with E-state index in [1.165, 1.54) is 0 Å². The number of hydrogen-bond acceptors (Lipinski definition) is 4. The van der Waals surface area contributed by atoms with Crippen molar-refractivity contribution in [3.63, 3.8) is 0 Å². The van der Waals surface area contributed by atoms with Gasteiger partial charge in [0.25, 0.3) is 0 Å². The molecule has 7 nitrogen and oxygen atoms in total. The van der Waals surface area contributed by atoms with Crippen molar-refractivity contribution >= 4 is 27.9 Å². The van der Waals surface area contributed by atoms with Gasteiger partial charge in [-0.25, -0.2) is 0 Å². The maximum Gasteiger partial charge on any atom is 0.303 e. The average molecular weight is 592 g/mol. The van der Waals surface area contributed by atoms with E-state index in [0.29, 0.717) is 37.4 Å². The van der Waals surface area contributed by atoms with Crippen LogP contribution < -0.4 is 4.74 Å². The predicted molar refractivity (Wildman–Crippen MR) is 154 cm³/mol. The second-order valence-corrected chi connectivity index (χ2v) is 10.2. The van der Waals surface area contributed by atoms with Crippen LogP contribution in [0, 0.1) is 0 Å². The van der Waals surface area contributed by atoms with E-state index in [2.05, 4.69) is 15.9 Å². The van der Waals surface area contributed by atoms with Crippen molar-refractivity contribution in [2.75, 3.05) is 6.61 Å². The van der Waals surface area contributed by atoms with Gasteiger partial charge in [0, 0.05) is 34.0 Å². The number of halogens is 1. The maximum atomic E-state index is 11.7. The van der Waals surface area contributed by atoms with Gasteiger partial charge in [-0.2, -0.15) is 5.10 Å². The Bertz CT molecular complexity index is 1430.